The molecular formula is C22H24N4O2. The fraction of sp³-hybridized carbons (Fsp3) is 0.273. The minimum atomic E-state index is 0.529. The molecule has 0 unspecified atom stereocenters. The van der Waals surface area contributed by atoms with Gasteiger partial charge in [-0.05, 0) is 51.0 Å². The second-order valence-electron chi connectivity index (χ2n) is 7.10. The third-order valence-electron chi connectivity index (χ3n) is 4.58. The van der Waals surface area contributed by atoms with E-state index in [2.05, 4.69) is 53.5 Å². The first-order valence-corrected chi connectivity index (χ1v) is 9.35. The maximum atomic E-state index is 5.65. The zero-order chi connectivity index (χ0) is 19.7. The lowest BCUT2D eigenvalue weighted by atomic mass is 10.1. The molecule has 0 fully saturated rings. The number of fused-ring (bicyclic) bond motifs is 1. The number of aromatic nitrogens is 2. The third-order valence-corrected chi connectivity index (χ3v) is 4.58. The van der Waals surface area contributed by atoms with E-state index in [1.54, 1.807) is 0 Å². The lowest BCUT2D eigenvalue weighted by Crippen LogP contribution is -2.15. The summed E-state index contributed by atoms with van der Waals surface area (Å²) in [6.45, 7) is 9.40. The third kappa shape index (κ3) is 3.86. The molecule has 2 aromatic carbocycles. The molecule has 0 atom stereocenters. The smallest absolute Gasteiger partial charge is 0.229 e. The maximum Gasteiger partial charge on any atom is 0.229 e. The van der Waals surface area contributed by atoms with E-state index in [4.69, 9.17) is 9.47 Å². The molecule has 6 nitrogen and oxygen atoms in total. The van der Waals surface area contributed by atoms with Gasteiger partial charge in [-0.15, -0.1) is 0 Å². The molecule has 1 aliphatic heterocycles. The van der Waals surface area contributed by atoms with Crippen LogP contribution in [0.3, 0.4) is 0 Å². The Hall–Kier alpha value is -3.28. The van der Waals surface area contributed by atoms with Crippen LogP contribution in [0.25, 0.3) is 0 Å². The zero-order valence-corrected chi connectivity index (χ0v) is 16.6. The number of nitrogens with one attached hydrogen (secondary N) is 2. The van der Waals surface area contributed by atoms with Gasteiger partial charge >= 0.3 is 0 Å². The monoisotopic (exact) mass is 376 g/mol. The average molecular weight is 376 g/mol. The van der Waals surface area contributed by atoms with Crippen LogP contribution in [0.15, 0.2) is 36.4 Å². The fourth-order valence-electron chi connectivity index (χ4n) is 3.44. The van der Waals surface area contributed by atoms with Crippen LogP contribution in [0, 0.1) is 27.7 Å². The highest BCUT2D eigenvalue weighted by molar-refractivity contribution is 5.67. The van der Waals surface area contributed by atoms with Crippen LogP contribution < -0.4 is 20.1 Å². The Labute approximate surface area is 164 Å². The van der Waals surface area contributed by atoms with E-state index in [1.165, 1.54) is 16.7 Å². The van der Waals surface area contributed by atoms with Gasteiger partial charge < -0.3 is 20.1 Å². The minimum Gasteiger partial charge on any atom is -0.486 e. The van der Waals surface area contributed by atoms with Crippen molar-refractivity contribution in [3.8, 4) is 11.5 Å². The van der Waals surface area contributed by atoms with Gasteiger partial charge in [-0.2, -0.15) is 4.98 Å². The zero-order valence-electron chi connectivity index (χ0n) is 16.6. The summed E-state index contributed by atoms with van der Waals surface area (Å²) in [5.41, 5.74) is 6.43. The van der Waals surface area contributed by atoms with Crippen LogP contribution in [0.2, 0.25) is 0 Å². The van der Waals surface area contributed by atoms with Crippen molar-refractivity contribution in [2.24, 2.45) is 0 Å². The number of aryl methyl sites for hydroxylation is 4. The standard InChI is InChI=1S/C22H24N4O2/c1-13-9-14(2)21(15(3)10-13)25-20-11-16(4)23-22(26-20)24-17-5-6-18-19(12-17)28-8-7-27-18/h5-6,9-12H,7-8H2,1-4H3,(H2,23,24,25,26). The molecule has 0 spiro atoms. The molecule has 0 radical (unpaired) electrons. The van der Waals surface area contributed by atoms with Crippen molar-refractivity contribution in [1.29, 1.82) is 0 Å². The molecule has 0 bridgehead atoms. The molecule has 0 amide bonds. The molecule has 6 heteroatoms. The number of anilines is 4. The van der Waals surface area contributed by atoms with Crippen LogP contribution in [-0.2, 0) is 0 Å². The fourth-order valence-corrected chi connectivity index (χ4v) is 3.44. The summed E-state index contributed by atoms with van der Waals surface area (Å²) in [5.74, 6) is 2.77. The van der Waals surface area contributed by atoms with Crippen molar-refractivity contribution < 1.29 is 9.47 Å². The predicted octanol–water partition coefficient (Wildman–Crippen LogP) is 4.97. The molecule has 3 aromatic rings. The molecule has 144 valence electrons. The highest BCUT2D eigenvalue weighted by Crippen LogP contribution is 2.33. The summed E-state index contributed by atoms with van der Waals surface area (Å²) in [6.07, 6.45) is 0. The first-order valence-electron chi connectivity index (χ1n) is 9.35. The van der Waals surface area contributed by atoms with E-state index in [0.29, 0.717) is 19.2 Å². The summed E-state index contributed by atoms with van der Waals surface area (Å²) in [6, 6.07) is 12.0. The first-order chi connectivity index (χ1) is 13.5. The normalized spacial score (nSPS) is 12.6. The lowest BCUT2D eigenvalue weighted by molar-refractivity contribution is 0.171. The summed E-state index contributed by atoms with van der Waals surface area (Å²) in [5, 5.41) is 6.71. The second-order valence-corrected chi connectivity index (χ2v) is 7.10. The van der Waals surface area contributed by atoms with Gasteiger partial charge in [-0.3, -0.25) is 0 Å². The van der Waals surface area contributed by atoms with Crippen molar-refractivity contribution in [1.82, 2.24) is 9.97 Å². The van der Waals surface area contributed by atoms with E-state index in [-0.39, 0.29) is 0 Å². The number of rotatable bonds is 4. The SMILES string of the molecule is Cc1cc(C)c(Nc2cc(C)nc(Nc3ccc4c(c3)OCCO4)n2)c(C)c1. The maximum absolute atomic E-state index is 5.65. The molecule has 4 rings (SSSR count). The Balaban J connectivity index is 1.59. The van der Waals surface area contributed by atoms with Crippen LogP contribution in [0.4, 0.5) is 23.1 Å². The number of ether oxygens (including phenoxy) is 2. The number of hydrogen-bond acceptors (Lipinski definition) is 6. The summed E-state index contributed by atoms with van der Waals surface area (Å²) >= 11 is 0. The Morgan fingerprint density at radius 3 is 2.25 bits per heavy atom. The van der Waals surface area contributed by atoms with Gasteiger partial charge in [0.25, 0.3) is 0 Å². The van der Waals surface area contributed by atoms with Crippen molar-refractivity contribution in [2.75, 3.05) is 23.8 Å². The first kappa shape index (κ1) is 18.1. The Morgan fingerprint density at radius 2 is 1.50 bits per heavy atom. The van der Waals surface area contributed by atoms with Gasteiger partial charge in [0.2, 0.25) is 5.95 Å². The summed E-state index contributed by atoms with van der Waals surface area (Å²) < 4.78 is 11.2. The summed E-state index contributed by atoms with van der Waals surface area (Å²) in [7, 11) is 0. The van der Waals surface area contributed by atoms with Crippen LogP contribution >= 0.6 is 0 Å². The van der Waals surface area contributed by atoms with Crippen molar-refractivity contribution in [3.63, 3.8) is 0 Å². The van der Waals surface area contributed by atoms with Gasteiger partial charge in [0.15, 0.2) is 11.5 Å². The van der Waals surface area contributed by atoms with E-state index in [1.807, 2.05) is 31.2 Å². The molecule has 2 N–H and O–H groups in total. The number of hydrogen-bond donors (Lipinski definition) is 2. The van der Waals surface area contributed by atoms with Gasteiger partial charge in [0.05, 0.1) is 0 Å². The van der Waals surface area contributed by atoms with E-state index in [9.17, 15) is 0 Å². The molecular weight excluding hydrogens is 352 g/mol. The molecule has 0 aliphatic carbocycles. The Kier molecular flexibility index (Phi) is 4.77. The predicted molar refractivity (Wildman–Crippen MR) is 111 cm³/mol. The van der Waals surface area contributed by atoms with Crippen molar-refractivity contribution in [3.05, 3.63) is 58.8 Å². The largest absolute Gasteiger partial charge is 0.486 e. The minimum absolute atomic E-state index is 0.529. The molecule has 2 heterocycles. The summed E-state index contributed by atoms with van der Waals surface area (Å²) in [4.78, 5) is 9.14. The quantitative estimate of drug-likeness (QED) is 0.670. The number of nitrogens with zero attached hydrogens (tertiary/aromatic N) is 2. The Morgan fingerprint density at radius 1 is 0.786 bits per heavy atom. The van der Waals surface area contributed by atoms with Gasteiger partial charge in [0.1, 0.15) is 19.0 Å². The highest BCUT2D eigenvalue weighted by Gasteiger charge is 2.13. The van der Waals surface area contributed by atoms with Gasteiger partial charge in [0, 0.05) is 29.2 Å². The van der Waals surface area contributed by atoms with Crippen LogP contribution in [0.5, 0.6) is 11.5 Å². The van der Waals surface area contributed by atoms with Crippen LogP contribution in [0.1, 0.15) is 22.4 Å². The van der Waals surface area contributed by atoms with E-state index >= 15 is 0 Å². The van der Waals surface area contributed by atoms with Crippen LogP contribution in [-0.4, -0.2) is 23.2 Å². The number of benzene rings is 2. The Bertz CT molecular complexity index is 1010. The van der Waals surface area contributed by atoms with E-state index in [0.717, 1.165) is 34.4 Å². The van der Waals surface area contributed by atoms with Crippen molar-refractivity contribution >= 4 is 23.1 Å². The molecule has 28 heavy (non-hydrogen) atoms. The van der Waals surface area contributed by atoms with Gasteiger partial charge in [-0.1, -0.05) is 17.7 Å². The average Bonchev–Trinajstić information content (AvgIpc) is 2.64. The van der Waals surface area contributed by atoms with E-state index < -0.39 is 0 Å². The molecule has 1 aromatic heterocycles. The molecule has 0 saturated carbocycles. The second kappa shape index (κ2) is 7.38. The highest BCUT2D eigenvalue weighted by atomic mass is 16.6. The molecule has 1 aliphatic rings. The van der Waals surface area contributed by atoms with Gasteiger partial charge in [-0.25, -0.2) is 4.98 Å². The molecule has 0 saturated heterocycles. The van der Waals surface area contributed by atoms with Crippen molar-refractivity contribution in [2.45, 2.75) is 27.7 Å². The lowest BCUT2D eigenvalue weighted by Gasteiger charge is -2.19. The topological polar surface area (TPSA) is 68.3 Å².